The zero-order valence-corrected chi connectivity index (χ0v) is 14.7. The molecule has 3 rings (SSSR count). The van der Waals surface area contributed by atoms with Gasteiger partial charge in [0, 0.05) is 24.2 Å². The van der Waals surface area contributed by atoms with E-state index in [1.807, 2.05) is 36.1 Å². The monoisotopic (exact) mass is 335 g/mol. The van der Waals surface area contributed by atoms with Gasteiger partial charge < -0.3 is 9.42 Å². The average molecular weight is 335 g/mol. The topological polar surface area (TPSA) is 59.2 Å². The highest BCUT2D eigenvalue weighted by Gasteiger charge is 2.16. The molecule has 0 bridgehead atoms. The smallest absolute Gasteiger partial charge is 0.257 e. The predicted molar refractivity (Wildman–Crippen MR) is 96.1 cm³/mol. The number of carbonyl (C=O) groups excluding carboxylic acids is 1. The number of rotatable bonds is 5. The van der Waals surface area contributed by atoms with Gasteiger partial charge in [0.25, 0.3) is 11.8 Å². The number of aryl methyl sites for hydroxylation is 2. The minimum atomic E-state index is 0.0130. The van der Waals surface area contributed by atoms with Crippen LogP contribution in [0.1, 0.15) is 34.2 Å². The van der Waals surface area contributed by atoms with Crippen LogP contribution in [0.3, 0.4) is 0 Å². The average Bonchev–Trinajstić information content (AvgIpc) is 3.07. The van der Waals surface area contributed by atoms with Crippen molar-refractivity contribution in [1.29, 1.82) is 0 Å². The number of hydrogen-bond donors (Lipinski definition) is 0. The van der Waals surface area contributed by atoms with Crippen molar-refractivity contribution in [2.45, 2.75) is 27.3 Å². The second-order valence-electron chi connectivity index (χ2n) is 5.97. The molecule has 2 aromatic carbocycles. The van der Waals surface area contributed by atoms with E-state index in [9.17, 15) is 4.79 Å². The van der Waals surface area contributed by atoms with Crippen LogP contribution in [0.4, 0.5) is 0 Å². The molecule has 1 aromatic heterocycles. The Bertz CT molecular complexity index is 869. The Morgan fingerprint density at radius 2 is 1.80 bits per heavy atom. The summed E-state index contributed by atoms with van der Waals surface area (Å²) >= 11 is 0. The van der Waals surface area contributed by atoms with Gasteiger partial charge >= 0.3 is 0 Å². The van der Waals surface area contributed by atoms with Crippen molar-refractivity contribution in [3.05, 3.63) is 71.0 Å². The first-order valence-electron chi connectivity index (χ1n) is 8.33. The molecule has 1 amide bonds. The van der Waals surface area contributed by atoms with Gasteiger partial charge in [0.1, 0.15) is 0 Å². The lowest BCUT2D eigenvalue weighted by Gasteiger charge is -2.22. The summed E-state index contributed by atoms with van der Waals surface area (Å²) in [5.41, 5.74) is 3.81. The largest absolute Gasteiger partial charge is 0.335 e. The minimum absolute atomic E-state index is 0.0130. The predicted octanol–water partition coefficient (Wildman–Crippen LogP) is 4.02. The van der Waals surface area contributed by atoms with Gasteiger partial charge in [0.05, 0.1) is 0 Å². The van der Waals surface area contributed by atoms with Gasteiger partial charge in [-0.3, -0.25) is 4.79 Å². The van der Waals surface area contributed by atoms with E-state index in [1.54, 1.807) is 19.1 Å². The maximum absolute atomic E-state index is 12.8. The van der Waals surface area contributed by atoms with E-state index in [0.29, 0.717) is 30.4 Å². The molecule has 0 unspecified atom stereocenters. The third-order valence-corrected chi connectivity index (χ3v) is 4.20. The van der Waals surface area contributed by atoms with Crippen molar-refractivity contribution in [3.63, 3.8) is 0 Å². The van der Waals surface area contributed by atoms with Crippen LogP contribution in [0.2, 0.25) is 0 Å². The molecule has 0 fully saturated rings. The van der Waals surface area contributed by atoms with Crippen LogP contribution in [0, 0.1) is 13.8 Å². The van der Waals surface area contributed by atoms with Crippen LogP contribution in [0.25, 0.3) is 11.5 Å². The number of nitrogens with zero attached hydrogens (tertiary/aromatic N) is 3. The van der Waals surface area contributed by atoms with Crippen molar-refractivity contribution >= 4 is 5.91 Å². The lowest BCUT2D eigenvalue weighted by Crippen LogP contribution is -2.30. The van der Waals surface area contributed by atoms with Gasteiger partial charge in [0.2, 0.25) is 0 Å². The normalized spacial score (nSPS) is 10.7. The fourth-order valence-corrected chi connectivity index (χ4v) is 2.67. The summed E-state index contributed by atoms with van der Waals surface area (Å²) in [6.45, 7) is 7.08. The Balaban J connectivity index is 1.77. The second kappa shape index (κ2) is 7.30. The highest BCUT2D eigenvalue weighted by atomic mass is 16.5. The molecule has 128 valence electrons. The number of aromatic nitrogens is 2. The van der Waals surface area contributed by atoms with Crippen LogP contribution in [-0.2, 0) is 6.54 Å². The van der Waals surface area contributed by atoms with Crippen molar-refractivity contribution in [1.82, 2.24) is 15.0 Å². The van der Waals surface area contributed by atoms with Gasteiger partial charge in [-0.1, -0.05) is 29.4 Å². The van der Waals surface area contributed by atoms with Crippen molar-refractivity contribution < 1.29 is 9.32 Å². The Labute approximate surface area is 147 Å². The molecule has 0 aliphatic heterocycles. The molecule has 5 nitrogen and oxygen atoms in total. The van der Waals surface area contributed by atoms with Crippen LogP contribution >= 0.6 is 0 Å². The van der Waals surface area contributed by atoms with Crippen molar-refractivity contribution in [3.8, 4) is 11.5 Å². The van der Waals surface area contributed by atoms with E-state index in [0.717, 1.165) is 11.1 Å². The van der Waals surface area contributed by atoms with E-state index >= 15 is 0 Å². The Morgan fingerprint density at radius 1 is 1.08 bits per heavy atom. The van der Waals surface area contributed by atoms with Crippen LogP contribution in [-0.4, -0.2) is 27.5 Å². The van der Waals surface area contributed by atoms with Gasteiger partial charge in [0.15, 0.2) is 5.82 Å². The molecular formula is C20H21N3O2. The molecule has 0 radical (unpaired) electrons. The highest BCUT2D eigenvalue weighted by Crippen LogP contribution is 2.19. The number of hydrogen-bond acceptors (Lipinski definition) is 4. The number of amides is 1. The van der Waals surface area contributed by atoms with Crippen LogP contribution in [0.5, 0.6) is 0 Å². The SMILES string of the molecule is CCN(Cc1ccccc1C)C(=O)c1ccc(-c2nc(C)no2)cc1. The molecule has 5 heteroatoms. The summed E-state index contributed by atoms with van der Waals surface area (Å²) in [6.07, 6.45) is 0. The second-order valence-corrected chi connectivity index (χ2v) is 5.97. The first-order valence-corrected chi connectivity index (χ1v) is 8.33. The first kappa shape index (κ1) is 16.9. The molecule has 0 aliphatic carbocycles. The lowest BCUT2D eigenvalue weighted by molar-refractivity contribution is 0.0752. The molecule has 0 atom stereocenters. The van der Waals surface area contributed by atoms with E-state index < -0.39 is 0 Å². The summed E-state index contributed by atoms with van der Waals surface area (Å²) in [5.74, 6) is 1.06. The van der Waals surface area contributed by atoms with Gasteiger partial charge in [-0.15, -0.1) is 0 Å². The standard InChI is InChI=1S/C20H21N3O2/c1-4-23(13-18-8-6-5-7-14(18)2)20(24)17-11-9-16(10-12-17)19-21-15(3)22-25-19/h5-12H,4,13H2,1-3H3. The zero-order valence-electron chi connectivity index (χ0n) is 14.7. The Morgan fingerprint density at radius 3 is 2.40 bits per heavy atom. The molecule has 25 heavy (non-hydrogen) atoms. The third kappa shape index (κ3) is 3.76. The van der Waals surface area contributed by atoms with Gasteiger partial charge in [-0.05, 0) is 56.2 Å². The molecule has 0 saturated heterocycles. The maximum atomic E-state index is 12.8. The van der Waals surface area contributed by atoms with E-state index in [-0.39, 0.29) is 5.91 Å². The molecule has 0 N–H and O–H groups in total. The maximum Gasteiger partial charge on any atom is 0.257 e. The lowest BCUT2D eigenvalue weighted by atomic mass is 10.1. The molecule has 0 aliphatic rings. The quantitative estimate of drug-likeness (QED) is 0.707. The Kier molecular flexibility index (Phi) is 4.93. The van der Waals surface area contributed by atoms with E-state index in [1.165, 1.54) is 5.56 Å². The Hall–Kier alpha value is -2.95. The molecular weight excluding hydrogens is 314 g/mol. The number of benzene rings is 2. The van der Waals surface area contributed by atoms with Crippen molar-refractivity contribution in [2.75, 3.05) is 6.54 Å². The highest BCUT2D eigenvalue weighted by molar-refractivity contribution is 5.94. The number of carbonyl (C=O) groups is 1. The van der Waals surface area contributed by atoms with E-state index in [2.05, 4.69) is 29.2 Å². The summed E-state index contributed by atoms with van der Waals surface area (Å²) in [4.78, 5) is 18.9. The minimum Gasteiger partial charge on any atom is -0.335 e. The zero-order chi connectivity index (χ0) is 17.8. The summed E-state index contributed by atoms with van der Waals surface area (Å²) < 4.78 is 5.16. The fraction of sp³-hybridized carbons (Fsp3) is 0.250. The van der Waals surface area contributed by atoms with Gasteiger partial charge in [-0.2, -0.15) is 4.98 Å². The molecule has 0 saturated carbocycles. The summed E-state index contributed by atoms with van der Waals surface area (Å²) in [5, 5.41) is 3.79. The third-order valence-electron chi connectivity index (χ3n) is 4.20. The van der Waals surface area contributed by atoms with Crippen LogP contribution in [0.15, 0.2) is 53.1 Å². The molecule has 1 heterocycles. The van der Waals surface area contributed by atoms with Crippen LogP contribution < -0.4 is 0 Å². The molecule has 0 spiro atoms. The van der Waals surface area contributed by atoms with E-state index in [4.69, 9.17) is 4.52 Å². The van der Waals surface area contributed by atoms with Crippen molar-refractivity contribution in [2.24, 2.45) is 0 Å². The summed E-state index contributed by atoms with van der Waals surface area (Å²) in [6, 6.07) is 15.4. The van der Waals surface area contributed by atoms with Gasteiger partial charge in [-0.25, -0.2) is 0 Å². The fourth-order valence-electron chi connectivity index (χ4n) is 2.67. The first-order chi connectivity index (χ1) is 12.1. The summed E-state index contributed by atoms with van der Waals surface area (Å²) in [7, 11) is 0. The molecule has 3 aromatic rings.